The summed E-state index contributed by atoms with van der Waals surface area (Å²) in [5.41, 5.74) is 7.23. The lowest BCUT2D eigenvalue weighted by atomic mass is 10.0. The van der Waals surface area contributed by atoms with Gasteiger partial charge in [0.05, 0.1) is 0 Å². The van der Waals surface area contributed by atoms with E-state index in [1.165, 1.54) is 19.3 Å². The first-order chi connectivity index (χ1) is 7.63. The Bertz CT molecular complexity index is 328. The second kappa shape index (κ2) is 7.31. The van der Waals surface area contributed by atoms with Gasteiger partial charge in [0.15, 0.2) is 0 Å². The molecule has 0 aliphatic rings. The van der Waals surface area contributed by atoms with Crippen LogP contribution in [0, 0.1) is 0 Å². The summed E-state index contributed by atoms with van der Waals surface area (Å²) in [5, 5.41) is 0.806. The highest BCUT2D eigenvalue weighted by molar-refractivity contribution is 9.10. The van der Waals surface area contributed by atoms with E-state index >= 15 is 0 Å². The summed E-state index contributed by atoms with van der Waals surface area (Å²) in [6.45, 7) is 2.21. The minimum atomic E-state index is 0.227. The molecule has 0 bridgehead atoms. The quantitative estimate of drug-likeness (QED) is 0.766. The Hall–Kier alpha value is -0.0500. The Morgan fingerprint density at radius 2 is 2.12 bits per heavy atom. The summed E-state index contributed by atoms with van der Waals surface area (Å²) in [7, 11) is 0. The van der Waals surface area contributed by atoms with E-state index < -0.39 is 0 Å². The van der Waals surface area contributed by atoms with Crippen molar-refractivity contribution in [3.8, 4) is 0 Å². The molecule has 1 rings (SSSR count). The molecule has 0 heterocycles. The summed E-state index contributed by atoms with van der Waals surface area (Å²) in [4.78, 5) is 0. The van der Waals surface area contributed by atoms with Crippen LogP contribution in [-0.2, 0) is 6.42 Å². The molecule has 1 nitrogen and oxygen atoms in total. The van der Waals surface area contributed by atoms with Crippen LogP contribution in [0.3, 0.4) is 0 Å². The Labute approximate surface area is 111 Å². The molecule has 0 saturated heterocycles. The largest absolute Gasteiger partial charge is 0.327 e. The van der Waals surface area contributed by atoms with Gasteiger partial charge >= 0.3 is 0 Å². The van der Waals surface area contributed by atoms with Crippen LogP contribution < -0.4 is 5.73 Å². The first kappa shape index (κ1) is 14.0. The topological polar surface area (TPSA) is 26.0 Å². The van der Waals surface area contributed by atoms with E-state index in [0.29, 0.717) is 0 Å². The van der Waals surface area contributed by atoms with Gasteiger partial charge in [-0.3, -0.25) is 0 Å². The van der Waals surface area contributed by atoms with E-state index in [-0.39, 0.29) is 6.04 Å². The fraction of sp³-hybridized carbons (Fsp3) is 0.538. The Morgan fingerprint density at radius 1 is 1.38 bits per heavy atom. The van der Waals surface area contributed by atoms with Gasteiger partial charge in [-0.2, -0.15) is 0 Å². The van der Waals surface area contributed by atoms with E-state index in [1.54, 1.807) is 0 Å². The molecule has 1 unspecified atom stereocenters. The minimum Gasteiger partial charge on any atom is -0.327 e. The van der Waals surface area contributed by atoms with Crippen molar-refractivity contribution in [2.75, 3.05) is 0 Å². The molecule has 0 amide bonds. The lowest BCUT2D eigenvalue weighted by molar-refractivity contribution is 0.557. The predicted molar refractivity (Wildman–Crippen MR) is 75.0 cm³/mol. The minimum absolute atomic E-state index is 0.227. The predicted octanol–water partition coefficient (Wildman–Crippen LogP) is 4.55. The molecule has 1 aromatic carbocycles. The van der Waals surface area contributed by atoms with Gasteiger partial charge in [-0.15, -0.1) is 0 Å². The zero-order chi connectivity index (χ0) is 12.0. The van der Waals surface area contributed by atoms with Gasteiger partial charge in [0.1, 0.15) is 0 Å². The Kier molecular flexibility index (Phi) is 6.40. The van der Waals surface area contributed by atoms with Crippen molar-refractivity contribution >= 4 is 27.5 Å². The van der Waals surface area contributed by atoms with E-state index in [9.17, 15) is 0 Å². The van der Waals surface area contributed by atoms with Crippen LogP contribution in [0.5, 0.6) is 0 Å². The zero-order valence-electron chi connectivity index (χ0n) is 9.68. The maximum absolute atomic E-state index is 6.15. The number of benzene rings is 1. The smallest absolute Gasteiger partial charge is 0.0449 e. The SMILES string of the molecule is CCCCCC(N)Cc1ccc(Br)cc1Cl. The molecule has 1 aromatic rings. The van der Waals surface area contributed by atoms with Crippen LogP contribution in [0.15, 0.2) is 22.7 Å². The van der Waals surface area contributed by atoms with Gasteiger partial charge in [-0.25, -0.2) is 0 Å². The maximum Gasteiger partial charge on any atom is 0.0449 e. The Morgan fingerprint density at radius 3 is 2.75 bits per heavy atom. The van der Waals surface area contributed by atoms with E-state index in [1.807, 2.05) is 18.2 Å². The molecule has 0 radical (unpaired) electrons. The maximum atomic E-state index is 6.15. The van der Waals surface area contributed by atoms with Crippen LogP contribution in [-0.4, -0.2) is 6.04 Å². The second-order valence-corrected chi connectivity index (χ2v) is 5.52. The van der Waals surface area contributed by atoms with Crippen molar-refractivity contribution in [2.24, 2.45) is 5.73 Å². The van der Waals surface area contributed by atoms with E-state index in [0.717, 1.165) is 27.9 Å². The lowest BCUT2D eigenvalue weighted by Crippen LogP contribution is -2.22. The fourth-order valence-corrected chi connectivity index (χ4v) is 2.48. The van der Waals surface area contributed by atoms with Crippen molar-refractivity contribution in [2.45, 2.75) is 45.1 Å². The summed E-state index contributed by atoms with van der Waals surface area (Å²) < 4.78 is 1.01. The average Bonchev–Trinajstić information content (AvgIpc) is 2.23. The third-order valence-electron chi connectivity index (χ3n) is 2.68. The summed E-state index contributed by atoms with van der Waals surface area (Å²) in [6, 6.07) is 6.21. The number of nitrogens with two attached hydrogens (primary N) is 1. The molecule has 2 N–H and O–H groups in total. The zero-order valence-corrected chi connectivity index (χ0v) is 12.0. The molecule has 0 fully saturated rings. The second-order valence-electron chi connectivity index (χ2n) is 4.20. The monoisotopic (exact) mass is 303 g/mol. The van der Waals surface area contributed by atoms with Gasteiger partial charge in [-0.05, 0) is 30.5 Å². The standard InChI is InChI=1S/C13H19BrClN/c1-2-3-4-5-12(16)8-10-6-7-11(14)9-13(10)15/h6-7,9,12H,2-5,8,16H2,1H3. The van der Waals surface area contributed by atoms with Crippen LogP contribution in [0.2, 0.25) is 5.02 Å². The third kappa shape index (κ3) is 4.86. The number of hydrogen-bond donors (Lipinski definition) is 1. The molecular weight excluding hydrogens is 286 g/mol. The highest BCUT2D eigenvalue weighted by atomic mass is 79.9. The van der Waals surface area contributed by atoms with Crippen LogP contribution in [0.4, 0.5) is 0 Å². The van der Waals surface area contributed by atoms with Crippen molar-refractivity contribution in [3.05, 3.63) is 33.3 Å². The van der Waals surface area contributed by atoms with Crippen molar-refractivity contribution in [1.82, 2.24) is 0 Å². The first-order valence-electron chi connectivity index (χ1n) is 5.83. The van der Waals surface area contributed by atoms with Gasteiger partial charge in [-0.1, -0.05) is 59.8 Å². The number of hydrogen-bond acceptors (Lipinski definition) is 1. The van der Waals surface area contributed by atoms with E-state index in [4.69, 9.17) is 17.3 Å². The van der Waals surface area contributed by atoms with Gasteiger partial charge in [0.25, 0.3) is 0 Å². The number of halogens is 2. The lowest BCUT2D eigenvalue weighted by Gasteiger charge is -2.12. The summed E-state index contributed by atoms with van der Waals surface area (Å²) >= 11 is 9.55. The van der Waals surface area contributed by atoms with Gasteiger partial charge < -0.3 is 5.73 Å². The highest BCUT2D eigenvalue weighted by Gasteiger charge is 2.07. The molecule has 1 atom stereocenters. The third-order valence-corrected chi connectivity index (χ3v) is 3.52. The molecular formula is C13H19BrClN. The summed E-state index contributed by atoms with van der Waals surface area (Å²) in [6.07, 6.45) is 5.68. The van der Waals surface area contributed by atoms with Crippen molar-refractivity contribution in [1.29, 1.82) is 0 Å². The van der Waals surface area contributed by atoms with Gasteiger partial charge in [0.2, 0.25) is 0 Å². The molecule has 0 aromatic heterocycles. The molecule has 90 valence electrons. The van der Waals surface area contributed by atoms with Crippen molar-refractivity contribution < 1.29 is 0 Å². The number of rotatable bonds is 6. The van der Waals surface area contributed by atoms with Crippen LogP contribution >= 0.6 is 27.5 Å². The number of unbranched alkanes of at least 4 members (excludes halogenated alkanes) is 2. The van der Waals surface area contributed by atoms with E-state index in [2.05, 4.69) is 22.9 Å². The van der Waals surface area contributed by atoms with Gasteiger partial charge in [0, 0.05) is 15.5 Å². The Balaban J connectivity index is 2.46. The molecule has 0 spiro atoms. The first-order valence-corrected chi connectivity index (χ1v) is 7.00. The summed E-state index contributed by atoms with van der Waals surface area (Å²) in [5.74, 6) is 0. The highest BCUT2D eigenvalue weighted by Crippen LogP contribution is 2.22. The van der Waals surface area contributed by atoms with Crippen molar-refractivity contribution in [3.63, 3.8) is 0 Å². The van der Waals surface area contributed by atoms with Crippen LogP contribution in [0.25, 0.3) is 0 Å². The fourth-order valence-electron chi connectivity index (χ4n) is 1.73. The molecule has 3 heteroatoms. The van der Waals surface area contributed by atoms with Crippen LogP contribution in [0.1, 0.15) is 38.2 Å². The average molecular weight is 305 g/mol. The molecule has 0 aliphatic heterocycles. The molecule has 0 saturated carbocycles. The normalized spacial score (nSPS) is 12.8. The molecule has 0 aliphatic carbocycles. The molecule has 16 heavy (non-hydrogen) atoms.